The number of benzene rings is 1. The summed E-state index contributed by atoms with van der Waals surface area (Å²) < 4.78 is 0. The lowest BCUT2D eigenvalue weighted by Gasteiger charge is -2.42. The highest BCUT2D eigenvalue weighted by Crippen LogP contribution is 2.19. The van der Waals surface area contributed by atoms with E-state index in [4.69, 9.17) is 0 Å². The number of aromatic amines is 1. The molecule has 2 amide bonds. The Balaban J connectivity index is 0.00000306. The van der Waals surface area contributed by atoms with Crippen LogP contribution in [0.2, 0.25) is 0 Å². The van der Waals surface area contributed by atoms with E-state index in [0.717, 1.165) is 55.9 Å². The summed E-state index contributed by atoms with van der Waals surface area (Å²) in [6.07, 6.45) is 6.96. The molecule has 0 bridgehead atoms. The van der Waals surface area contributed by atoms with Crippen LogP contribution in [0.5, 0.6) is 0 Å². The summed E-state index contributed by atoms with van der Waals surface area (Å²) in [5.41, 5.74) is 1.50. The zero-order valence-electron chi connectivity index (χ0n) is 19.6. The van der Waals surface area contributed by atoms with E-state index in [2.05, 4.69) is 27.1 Å². The van der Waals surface area contributed by atoms with Crippen LogP contribution in [0.4, 0.5) is 0 Å². The Morgan fingerprint density at radius 2 is 1.85 bits per heavy atom. The van der Waals surface area contributed by atoms with E-state index in [0.29, 0.717) is 18.0 Å². The number of nitrogens with zero attached hydrogens (tertiary/aromatic N) is 3. The topological polar surface area (TPSA) is 71.7 Å². The van der Waals surface area contributed by atoms with Gasteiger partial charge in [0, 0.05) is 49.5 Å². The first-order valence-corrected chi connectivity index (χ1v) is 13.0. The van der Waals surface area contributed by atoms with Crippen LogP contribution in [0, 0.1) is 0 Å². The van der Waals surface area contributed by atoms with E-state index in [1.807, 2.05) is 41.6 Å². The number of H-pyrrole nitrogens is 1. The van der Waals surface area contributed by atoms with Crippen LogP contribution < -0.4 is 5.32 Å². The van der Waals surface area contributed by atoms with Crippen molar-refractivity contribution in [2.24, 2.45) is 0 Å². The zero-order chi connectivity index (χ0) is 22.5. The van der Waals surface area contributed by atoms with E-state index in [-0.39, 0.29) is 24.2 Å². The lowest BCUT2D eigenvalue weighted by Crippen LogP contribution is -2.57. The molecule has 2 aliphatic heterocycles. The molecule has 182 valence electrons. The molecule has 2 fully saturated rings. The Morgan fingerprint density at radius 1 is 1.12 bits per heavy atom. The highest BCUT2D eigenvalue weighted by molar-refractivity contribution is 7.98. The minimum absolute atomic E-state index is 0. The summed E-state index contributed by atoms with van der Waals surface area (Å²) in [6, 6.07) is 7.74. The number of fused-ring (bicyclic) bond motifs is 1. The van der Waals surface area contributed by atoms with Crippen LogP contribution in [-0.2, 0) is 4.79 Å². The number of hydrogen-bond donors (Lipinski definition) is 2. The fourth-order valence-electron chi connectivity index (χ4n) is 4.81. The normalized spacial score (nSPS) is 19.3. The molecule has 0 spiro atoms. The number of halogens is 1. The molecule has 9 heteroatoms. The van der Waals surface area contributed by atoms with Gasteiger partial charge in [0.25, 0.3) is 5.91 Å². The summed E-state index contributed by atoms with van der Waals surface area (Å²) in [4.78, 5) is 36.3. The number of rotatable bonds is 7. The van der Waals surface area contributed by atoms with Crippen molar-refractivity contribution < 1.29 is 9.59 Å². The van der Waals surface area contributed by atoms with Crippen molar-refractivity contribution in [3.8, 4) is 0 Å². The van der Waals surface area contributed by atoms with Crippen molar-refractivity contribution in [3.05, 3.63) is 36.0 Å². The lowest BCUT2D eigenvalue weighted by molar-refractivity contribution is -0.135. The number of thioether (sulfide) groups is 1. The van der Waals surface area contributed by atoms with E-state index in [9.17, 15) is 9.59 Å². The average molecular weight is 494 g/mol. The Morgan fingerprint density at radius 3 is 2.55 bits per heavy atom. The molecule has 0 aliphatic carbocycles. The van der Waals surface area contributed by atoms with Gasteiger partial charge in [0.15, 0.2) is 0 Å². The molecule has 4 rings (SSSR count). The molecule has 1 aromatic heterocycles. The van der Waals surface area contributed by atoms with Gasteiger partial charge in [0.05, 0.1) is 0 Å². The second kappa shape index (κ2) is 12.1. The fraction of sp³-hybridized carbons (Fsp3) is 0.583. The third kappa shape index (κ3) is 6.44. The zero-order valence-corrected chi connectivity index (χ0v) is 21.2. The predicted octanol–water partition coefficient (Wildman–Crippen LogP) is 2.68. The Kier molecular flexibility index (Phi) is 9.49. The first-order chi connectivity index (χ1) is 15.5. The van der Waals surface area contributed by atoms with Gasteiger partial charge in [-0.15, -0.1) is 12.4 Å². The van der Waals surface area contributed by atoms with Gasteiger partial charge >= 0.3 is 0 Å². The summed E-state index contributed by atoms with van der Waals surface area (Å²) in [5, 5.41) is 4.09. The number of carbonyl (C=O) groups is 2. The minimum Gasteiger partial charge on any atom is -0.361 e. The standard InChI is InChI=1S/C24H35N5O2S.ClH/c1-27-10-6-20(7-11-27)28-12-14-29(15-13-28)24(31)21(8-16-32-2)26-23(30)19-4-3-18-5-9-25-22(18)17-19;/h3-5,9,17,20-21,25H,6-8,10-16H2,1-2H3,(H,26,30);1H/t21-;/m1./s1. The molecule has 0 unspecified atom stereocenters. The lowest BCUT2D eigenvalue weighted by atomic mass is 10.0. The van der Waals surface area contributed by atoms with Crippen molar-refractivity contribution in [2.75, 3.05) is 58.3 Å². The minimum atomic E-state index is -0.482. The Labute approximate surface area is 207 Å². The molecule has 0 radical (unpaired) electrons. The molecular formula is C24H36ClN5O2S. The van der Waals surface area contributed by atoms with Gasteiger partial charge in [-0.2, -0.15) is 11.8 Å². The monoisotopic (exact) mass is 493 g/mol. The number of hydrogen-bond acceptors (Lipinski definition) is 5. The van der Waals surface area contributed by atoms with E-state index >= 15 is 0 Å². The van der Waals surface area contributed by atoms with Crippen molar-refractivity contribution in [2.45, 2.75) is 31.3 Å². The quantitative estimate of drug-likeness (QED) is 0.620. The third-order valence-corrected chi connectivity index (χ3v) is 7.51. The highest BCUT2D eigenvalue weighted by Gasteiger charge is 2.31. The SMILES string of the molecule is CSCC[C@@H](NC(=O)c1ccc2cc[nH]c2c1)C(=O)N1CCN(C2CCN(C)CC2)CC1.Cl. The molecular weight excluding hydrogens is 458 g/mol. The Bertz CT molecular complexity index is 922. The van der Waals surface area contributed by atoms with Gasteiger partial charge in [-0.1, -0.05) is 6.07 Å². The van der Waals surface area contributed by atoms with Gasteiger partial charge in [-0.05, 0) is 75.0 Å². The molecule has 3 heterocycles. The van der Waals surface area contributed by atoms with Crippen LogP contribution in [0.3, 0.4) is 0 Å². The molecule has 1 atom stereocenters. The summed E-state index contributed by atoms with van der Waals surface area (Å²) in [6.45, 7) is 5.64. The average Bonchev–Trinajstić information content (AvgIpc) is 3.30. The number of amides is 2. The molecule has 0 saturated carbocycles. The maximum absolute atomic E-state index is 13.3. The van der Waals surface area contributed by atoms with Crippen molar-refractivity contribution in [1.82, 2.24) is 25.0 Å². The second-order valence-electron chi connectivity index (χ2n) is 8.98. The maximum Gasteiger partial charge on any atom is 0.252 e. The smallest absolute Gasteiger partial charge is 0.252 e. The van der Waals surface area contributed by atoms with Crippen LogP contribution in [0.15, 0.2) is 30.5 Å². The molecule has 1 aromatic carbocycles. The van der Waals surface area contributed by atoms with Gasteiger partial charge in [0.2, 0.25) is 5.91 Å². The first-order valence-electron chi connectivity index (χ1n) is 11.6. The van der Waals surface area contributed by atoms with Crippen LogP contribution >= 0.6 is 24.2 Å². The largest absolute Gasteiger partial charge is 0.361 e. The van der Waals surface area contributed by atoms with Gasteiger partial charge in [0.1, 0.15) is 6.04 Å². The summed E-state index contributed by atoms with van der Waals surface area (Å²) in [7, 11) is 2.19. The first kappa shape index (κ1) is 25.9. The number of piperidine rings is 1. The highest BCUT2D eigenvalue weighted by atomic mass is 35.5. The molecule has 33 heavy (non-hydrogen) atoms. The van der Waals surface area contributed by atoms with Crippen LogP contribution in [0.1, 0.15) is 29.6 Å². The molecule has 2 N–H and O–H groups in total. The summed E-state index contributed by atoms with van der Waals surface area (Å²) in [5.74, 6) is 0.698. The summed E-state index contributed by atoms with van der Waals surface area (Å²) >= 11 is 1.70. The molecule has 7 nitrogen and oxygen atoms in total. The van der Waals surface area contributed by atoms with Crippen molar-refractivity contribution >= 4 is 46.9 Å². The van der Waals surface area contributed by atoms with Crippen LogP contribution in [0.25, 0.3) is 10.9 Å². The molecule has 2 aromatic rings. The van der Waals surface area contributed by atoms with E-state index in [1.165, 1.54) is 12.8 Å². The maximum atomic E-state index is 13.3. The van der Waals surface area contributed by atoms with Crippen molar-refractivity contribution in [1.29, 1.82) is 0 Å². The van der Waals surface area contributed by atoms with Gasteiger partial charge in [-0.3, -0.25) is 14.5 Å². The molecule has 2 saturated heterocycles. The fourth-order valence-corrected chi connectivity index (χ4v) is 5.28. The number of aromatic nitrogens is 1. The predicted molar refractivity (Wildman–Crippen MR) is 138 cm³/mol. The third-order valence-electron chi connectivity index (χ3n) is 6.86. The number of piperazine rings is 1. The Hall–Kier alpha value is -1.74. The number of carbonyl (C=O) groups excluding carboxylic acids is 2. The van der Waals surface area contributed by atoms with Crippen LogP contribution in [-0.4, -0.2) is 102 Å². The van der Waals surface area contributed by atoms with E-state index < -0.39 is 6.04 Å². The van der Waals surface area contributed by atoms with Gasteiger partial charge < -0.3 is 20.1 Å². The van der Waals surface area contributed by atoms with Gasteiger partial charge in [-0.25, -0.2) is 0 Å². The second-order valence-corrected chi connectivity index (χ2v) is 9.97. The van der Waals surface area contributed by atoms with Crippen molar-refractivity contribution in [3.63, 3.8) is 0 Å². The van der Waals surface area contributed by atoms with E-state index in [1.54, 1.807) is 11.8 Å². The number of nitrogens with one attached hydrogen (secondary N) is 2. The number of likely N-dealkylation sites (tertiary alicyclic amines) is 1. The molecule has 2 aliphatic rings.